The molecule has 8 heteroatoms. The van der Waals surface area contributed by atoms with Crippen LogP contribution in [0, 0.1) is 11.8 Å². The third-order valence-electron chi connectivity index (χ3n) is 6.31. The van der Waals surface area contributed by atoms with Gasteiger partial charge in [-0.1, -0.05) is 24.3 Å². The summed E-state index contributed by atoms with van der Waals surface area (Å²) in [5.41, 5.74) is 1.12. The van der Waals surface area contributed by atoms with Gasteiger partial charge >= 0.3 is 0 Å². The lowest BCUT2D eigenvalue weighted by molar-refractivity contribution is -0.142. The summed E-state index contributed by atoms with van der Waals surface area (Å²) in [6.07, 6.45) is 5.22. The molecule has 2 saturated heterocycles. The second-order valence-corrected chi connectivity index (χ2v) is 8.22. The highest BCUT2D eigenvalue weighted by Crippen LogP contribution is 2.52. The number of methoxy groups -OCH3 is 1. The molecule has 3 aliphatic rings. The van der Waals surface area contributed by atoms with E-state index >= 15 is 0 Å². The van der Waals surface area contributed by atoms with Crippen LogP contribution in [0.2, 0.25) is 0 Å². The number of aromatic nitrogens is 2. The van der Waals surface area contributed by atoms with Crippen molar-refractivity contribution in [2.75, 3.05) is 20.7 Å². The molecule has 2 aromatic rings. The van der Waals surface area contributed by atoms with Gasteiger partial charge in [0.25, 0.3) is 0 Å². The molecule has 2 amide bonds. The van der Waals surface area contributed by atoms with Crippen LogP contribution in [-0.2, 0) is 27.4 Å². The summed E-state index contributed by atoms with van der Waals surface area (Å²) in [5, 5.41) is 6.80. The van der Waals surface area contributed by atoms with E-state index in [1.54, 1.807) is 30.2 Å². The Morgan fingerprint density at radius 1 is 1.43 bits per heavy atom. The summed E-state index contributed by atoms with van der Waals surface area (Å²) < 4.78 is 11.5. The van der Waals surface area contributed by atoms with E-state index in [9.17, 15) is 9.59 Å². The quantitative estimate of drug-likeness (QED) is 0.730. The fraction of sp³-hybridized carbons (Fsp3) is 0.409. The number of carbonyl (C=O) groups excluding carboxylic acids is 2. The first-order valence-corrected chi connectivity index (χ1v) is 10.0. The van der Waals surface area contributed by atoms with Crippen molar-refractivity contribution in [1.82, 2.24) is 20.0 Å². The highest BCUT2D eigenvalue weighted by atomic mass is 16.5. The van der Waals surface area contributed by atoms with Crippen molar-refractivity contribution < 1.29 is 19.1 Å². The predicted octanol–water partition coefficient (Wildman–Crippen LogP) is 1.36. The number of nitrogens with one attached hydrogen (secondary N) is 1. The molecule has 2 bridgehead atoms. The van der Waals surface area contributed by atoms with Gasteiger partial charge in [0.2, 0.25) is 11.8 Å². The molecule has 3 aliphatic heterocycles. The molecular formula is C22H24N4O4. The average Bonchev–Trinajstić information content (AvgIpc) is 3.51. The van der Waals surface area contributed by atoms with Crippen LogP contribution in [0.15, 0.2) is 48.7 Å². The van der Waals surface area contributed by atoms with E-state index in [4.69, 9.17) is 9.47 Å². The van der Waals surface area contributed by atoms with Gasteiger partial charge in [0, 0.05) is 19.8 Å². The number of aromatic amines is 1. The van der Waals surface area contributed by atoms with Crippen molar-refractivity contribution in [3.8, 4) is 5.75 Å². The lowest BCUT2D eigenvalue weighted by Gasteiger charge is -2.27. The van der Waals surface area contributed by atoms with E-state index in [1.807, 2.05) is 42.5 Å². The Labute approximate surface area is 174 Å². The van der Waals surface area contributed by atoms with Gasteiger partial charge < -0.3 is 19.3 Å². The van der Waals surface area contributed by atoms with Gasteiger partial charge in [-0.3, -0.25) is 14.7 Å². The van der Waals surface area contributed by atoms with Gasteiger partial charge in [0.1, 0.15) is 11.4 Å². The number of hydrogen-bond donors (Lipinski definition) is 1. The Balaban J connectivity index is 1.36. The second-order valence-electron chi connectivity index (χ2n) is 8.22. The largest absolute Gasteiger partial charge is 0.497 e. The number of H-pyrrole nitrogens is 1. The fourth-order valence-electron chi connectivity index (χ4n) is 4.95. The standard InChI is InChI=1S/C22H24N4O4/c1-25(12-15-7-9-23-24-15)20(27)18-17-6-8-22(30-17)13-26(21(28)19(18)22)11-14-4-3-5-16(10-14)29-2/h3-10,17-19H,11-13H2,1-2H3,(H,23,24)/t17-,18-,19-,22-/m0/s1. The molecule has 30 heavy (non-hydrogen) atoms. The monoisotopic (exact) mass is 408 g/mol. The first-order valence-electron chi connectivity index (χ1n) is 10.0. The molecule has 4 heterocycles. The maximum absolute atomic E-state index is 13.4. The molecule has 1 N–H and O–H groups in total. The predicted molar refractivity (Wildman–Crippen MR) is 107 cm³/mol. The molecule has 8 nitrogen and oxygen atoms in total. The first kappa shape index (κ1) is 18.9. The second kappa shape index (κ2) is 6.98. The van der Waals surface area contributed by atoms with Crippen LogP contribution < -0.4 is 4.74 Å². The zero-order valence-corrected chi connectivity index (χ0v) is 16.9. The molecule has 1 aromatic carbocycles. The SMILES string of the molecule is COc1cccc(CN2C[C@]34C=C[C@H](O3)[C@H](C(=O)N(C)Cc3ccn[nH]3)[C@H]4C2=O)c1. The lowest BCUT2D eigenvalue weighted by atomic mass is 9.76. The number of hydrogen-bond acceptors (Lipinski definition) is 5. The van der Waals surface area contributed by atoms with Crippen LogP contribution in [0.3, 0.4) is 0 Å². The number of amides is 2. The van der Waals surface area contributed by atoms with Crippen molar-refractivity contribution in [3.05, 3.63) is 59.9 Å². The number of carbonyl (C=O) groups is 2. The summed E-state index contributed by atoms with van der Waals surface area (Å²) in [7, 11) is 3.37. The molecule has 5 rings (SSSR count). The van der Waals surface area contributed by atoms with Crippen molar-refractivity contribution in [2.24, 2.45) is 11.8 Å². The highest BCUT2D eigenvalue weighted by Gasteiger charge is 2.67. The molecule has 1 spiro atoms. The van der Waals surface area contributed by atoms with E-state index in [0.717, 1.165) is 17.0 Å². The van der Waals surface area contributed by atoms with Crippen molar-refractivity contribution in [1.29, 1.82) is 0 Å². The molecular weight excluding hydrogens is 384 g/mol. The average molecular weight is 408 g/mol. The Kier molecular flexibility index (Phi) is 4.39. The number of likely N-dealkylation sites (tertiary alicyclic amines) is 1. The molecule has 4 atom stereocenters. The minimum atomic E-state index is -0.713. The van der Waals surface area contributed by atoms with Gasteiger partial charge in [-0.15, -0.1) is 0 Å². The molecule has 0 radical (unpaired) electrons. The molecule has 0 aliphatic carbocycles. The normalized spacial score (nSPS) is 28.8. The number of ether oxygens (including phenoxy) is 2. The zero-order chi connectivity index (χ0) is 20.9. The van der Waals surface area contributed by atoms with Crippen LogP contribution >= 0.6 is 0 Å². The summed E-state index contributed by atoms with van der Waals surface area (Å²) in [6.45, 7) is 1.32. The van der Waals surface area contributed by atoms with Crippen LogP contribution in [0.5, 0.6) is 5.75 Å². The number of nitrogens with zero attached hydrogens (tertiary/aromatic N) is 3. The van der Waals surface area contributed by atoms with E-state index in [-0.39, 0.29) is 17.9 Å². The highest BCUT2D eigenvalue weighted by molar-refractivity contribution is 5.93. The van der Waals surface area contributed by atoms with E-state index in [1.165, 1.54) is 0 Å². The van der Waals surface area contributed by atoms with Crippen LogP contribution in [0.25, 0.3) is 0 Å². The topological polar surface area (TPSA) is 87.8 Å². The van der Waals surface area contributed by atoms with E-state index in [0.29, 0.717) is 19.6 Å². The Hall–Kier alpha value is -3.13. The minimum Gasteiger partial charge on any atom is -0.497 e. The van der Waals surface area contributed by atoms with Gasteiger partial charge in [0.05, 0.1) is 43.8 Å². The molecule has 156 valence electrons. The summed E-state index contributed by atoms with van der Waals surface area (Å²) in [4.78, 5) is 30.1. The van der Waals surface area contributed by atoms with Gasteiger partial charge in [-0.2, -0.15) is 5.10 Å². The zero-order valence-electron chi connectivity index (χ0n) is 16.9. The Bertz CT molecular complexity index is 1000. The summed E-state index contributed by atoms with van der Waals surface area (Å²) >= 11 is 0. The van der Waals surface area contributed by atoms with Crippen LogP contribution in [0.1, 0.15) is 11.3 Å². The third-order valence-corrected chi connectivity index (χ3v) is 6.31. The van der Waals surface area contributed by atoms with Gasteiger partial charge in [-0.05, 0) is 23.8 Å². The first-order chi connectivity index (χ1) is 14.5. The van der Waals surface area contributed by atoms with Crippen molar-refractivity contribution in [3.63, 3.8) is 0 Å². The van der Waals surface area contributed by atoms with Gasteiger partial charge in [-0.25, -0.2) is 0 Å². The van der Waals surface area contributed by atoms with E-state index < -0.39 is 17.4 Å². The molecule has 2 fully saturated rings. The maximum atomic E-state index is 13.4. The van der Waals surface area contributed by atoms with E-state index in [2.05, 4.69) is 10.2 Å². The summed E-state index contributed by atoms with van der Waals surface area (Å²) in [5.74, 6) is -0.357. The van der Waals surface area contributed by atoms with Crippen molar-refractivity contribution in [2.45, 2.75) is 24.8 Å². The number of rotatable bonds is 6. The summed E-state index contributed by atoms with van der Waals surface area (Å²) in [6, 6.07) is 9.51. The molecule has 0 saturated carbocycles. The minimum absolute atomic E-state index is 0.0297. The van der Waals surface area contributed by atoms with Crippen LogP contribution in [-0.4, -0.2) is 64.2 Å². The smallest absolute Gasteiger partial charge is 0.230 e. The van der Waals surface area contributed by atoms with Crippen LogP contribution in [0.4, 0.5) is 0 Å². The lowest BCUT2D eigenvalue weighted by Crippen LogP contribution is -2.44. The van der Waals surface area contributed by atoms with Crippen molar-refractivity contribution >= 4 is 11.8 Å². The maximum Gasteiger partial charge on any atom is 0.230 e. The Morgan fingerprint density at radius 3 is 3.07 bits per heavy atom. The third kappa shape index (κ3) is 2.90. The molecule has 0 unspecified atom stereocenters. The van der Waals surface area contributed by atoms with Gasteiger partial charge in [0.15, 0.2) is 0 Å². The molecule has 1 aromatic heterocycles. The number of fused-ring (bicyclic) bond motifs is 1. The fourth-order valence-corrected chi connectivity index (χ4v) is 4.95. The Morgan fingerprint density at radius 2 is 2.30 bits per heavy atom. The number of benzene rings is 1.